The molecular weight excluding hydrogens is 458 g/mol. The molecule has 1 atom stereocenters. The number of morpholine rings is 1. The maximum absolute atomic E-state index is 13.0. The highest BCUT2D eigenvalue weighted by Gasteiger charge is 2.30. The molecule has 0 radical (unpaired) electrons. The Hall–Kier alpha value is -3.96. The molecule has 6 rings (SSSR count). The lowest BCUT2D eigenvalue weighted by atomic mass is 9.95. The largest absolute Gasteiger partial charge is 0.378 e. The zero-order valence-electron chi connectivity index (χ0n) is 21.4. The van der Waals surface area contributed by atoms with Gasteiger partial charge in [0.1, 0.15) is 0 Å². The highest BCUT2D eigenvalue weighted by atomic mass is 16.5. The number of nitrogens with zero attached hydrogens (tertiary/aromatic N) is 3. The molecule has 0 aromatic heterocycles. The van der Waals surface area contributed by atoms with Crippen LogP contribution in [0, 0.1) is 13.8 Å². The lowest BCUT2D eigenvalue weighted by Gasteiger charge is -2.27. The number of ether oxygens (including phenoxy) is 1. The highest BCUT2D eigenvalue weighted by molar-refractivity contribution is 6.03. The van der Waals surface area contributed by atoms with Crippen LogP contribution in [0.4, 0.5) is 5.69 Å². The van der Waals surface area contributed by atoms with Crippen molar-refractivity contribution >= 4 is 28.1 Å². The van der Waals surface area contributed by atoms with Crippen molar-refractivity contribution in [3.63, 3.8) is 0 Å². The van der Waals surface area contributed by atoms with Crippen molar-refractivity contribution in [2.24, 2.45) is 5.10 Å². The Morgan fingerprint density at radius 1 is 0.838 bits per heavy atom. The molecule has 0 aliphatic carbocycles. The average molecular weight is 490 g/mol. The molecule has 1 saturated heterocycles. The van der Waals surface area contributed by atoms with Crippen LogP contribution in [-0.4, -0.2) is 42.8 Å². The van der Waals surface area contributed by atoms with Crippen LogP contribution < -0.4 is 5.01 Å². The van der Waals surface area contributed by atoms with Gasteiger partial charge in [0.25, 0.3) is 5.91 Å². The molecule has 2 aliphatic rings. The number of hydrogen-bond donors (Lipinski definition) is 0. The van der Waals surface area contributed by atoms with Gasteiger partial charge in [-0.15, -0.1) is 0 Å². The van der Waals surface area contributed by atoms with Gasteiger partial charge in [0, 0.05) is 25.1 Å². The lowest BCUT2D eigenvalue weighted by molar-refractivity contribution is 0.0303. The summed E-state index contributed by atoms with van der Waals surface area (Å²) in [6, 6.07) is 29.7. The minimum atomic E-state index is 0.0571. The quantitative estimate of drug-likeness (QED) is 0.339. The molecule has 4 aromatic carbocycles. The van der Waals surface area contributed by atoms with Crippen molar-refractivity contribution in [3.05, 3.63) is 113 Å². The van der Waals surface area contributed by atoms with Gasteiger partial charge >= 0.3 is 0 Å². The summed E-state index contributed by atoms with van der Waals surface area (Å²) in [6.45, 7) is 6.76. The molecule has 0 bridgehead atoms. The summed E-state index contributed by atoms with van der Waals surface area (Å²) < 4.78 is 5.40. The van der Waals surface area contributed by atoms with E-state index in [0.29, 0.717) is 31.9 Å². The van der Waals surface area contributed by atoms with E-state index in [2.05, 4.69) is 79.5 Å². The Kier molecular flexibility index (Phi) is 6.23. The smallest absolute Gasteiger partial charge is 0.254 e. The van der Waals surface area contributed by atoms with Crippen LogP contribution in [0.1, 0.15) is 45.1 Å². The number of fused-ring (bicyclic) bond motifs is 1. The molecule has 0 saturated carbocycles. The second-order valence-corrected chi connectivity index (χ2v) is 9.97. The van der Waals surface area contributed by atoms with Crippen molar-refractivity contribution in [2.45, 2.75) is 26.3 Å². The van der Waals surface area contributed by atoms with Gasteiger partial charge in [0.2, 0.25) is 0 Å². The summed E-state index contributed by atoms with van der Waals surface area (Å²) in [5, 5.41) is 9.72. The molecule has 2 aliphatic heterocycles. The van der Waals surface area contributed by atoms with E-state index in [1.807, 2.05) is 29.2 Å². The first kappa shape index (κ1) is 23.4. The maximum Gasteiger partial charge on any atom is 0.254 e. The fourth-order valence-electron chi connectivity index (χ4n) is 5.22. The van der Waals surface area contributed by atoms with Crippen LogP contribution in [-0.2, 0) is 4.74 Å². The topological polar surface area (TPSA) is 45.1 Å². The van der Waals surface area contributed by atoms with E-state index in [1.54, 1.807) is 0 Å². The number of carbonyl (C=O) groups is 1. The van der Waals surface area contributed by atoms with Crippen molar-refractivity contribution < 1.29 is 9.53 Å². The first-order valence-electron chi connectivity index (χ1n) is 13.0. The number of aryl methyl sites for hydroxylation is 2. The number of benzene rings is 4. The average Bonchev–Trinajstić information content (AvgIpc) is 3.40. The summed E-state index contributed by atoms with van der Waals surface area (Å²) in [6.07, 6.45) is 0.815. The minimum absolute atomic E-state index is 0.0571. The van der Waals surface area contributed by atoms with E-state index < -0.39 is 0 Å². The summed E-state index contributed by atoms with van der Waals surface area (Å²) in [5.41, 5.74) is 7.71. The van der Waals surface area contributed by atoms with Crippen LogP contribution in [0.2, 0.25) is 0 Å². The first-order chi connectivity index (χ1) is 18.1. The zero-order chi connectivity index (χ0) is 25.4. The predicted octanol–water partition coefficient (Wildman–Crippen LogP) is 6.28. The molecule has 5 heteroatoms. The van der Waals surface area contributed by atoms with E-state index in [1.165, 1.54) is 27.5 Å². The molecule has 4 aromatic rings. The van der Waals surface area contributed by atoms with Gasteiger partial charge in [-0.1, -0.05) is 48.5 Å². The number of amides is 1. The van der Waals surface area contributed by atoms with Crippen LogP contribution >= 0.6 is 0 Å². The Morgan fingerprint density at radius 3 is 2.35 bits per heavy atom. The van der Waals surface area contributed by atoms with Crippen LogP contribution in [0.25, 0.3) is 10.8 Å². The van der Waals surface area contributed by atoms with E-state index >= 15 is 0 Å². The third-order valence-corrected chi connectivity index (χ3v) is 7.59. The van der Waals surface area contributed by atoms with Crippen molar-refractivity contribution in [1.29, 1.82) is 0 Å². The van der Waals surface area contributed by atoms with Crippen LogP contribution in [0.3, 0.4) is 0 Å². The minimum Gasteiger partial charge on any atom is -0.378 e. The van der Waals surface area contributed by atoms with Gasteiger partial charge in [0.15, 0.2) is 0 Å². The molecule has 5 nitrogen and oxygen atoms in total. The molecular formula is C32H31N3O2. The monoisotopic (exact) mass is 489 g/mol. The standard InChI is InChI=1S/C32H31N3O2/c1-22-7-8-27(19-23(22)2)30-21-31(28-10-9-24-5-3-4-6-26(24)20-28)35(33-30)29-13-11-25(12-14-29)32(36)34-15-17-37-18-16-34/h3-14,19-20,31H,15-18,21H2,1-2H3. The zero-order valence-corrected chi connectivity index (χ0v) is 21.4. The number of hydrazone groups is 1. The molecule has 1 fully saturated rings. The third-order valence-electron chi connectivity index (χ3n) is 7.59. The van der Waals surface area contributed by atoms with Crippen LogP contribution in [0.5, 0.6) is 0 Å². The Labute approximate surface area is 218 Å². The molecule has 37 heavy (non-hydrogen) atoms. The fourth-order valence-corrected chi connectivity index (χ4v) is 5.22. The molecule has 1 unspecified atom stereocenters. The second kappa shape index (κ2) is 9.83. The van der Waals surface area contributed by atoms with Gasteiger partial charge in [-0.05, 0) is 83.3 Å². The Balaban J connectivity index is 1.35. The SMILES string of the molecule is Cc1ccc(C2=NN(c3ccc(C(=O)N4CCOCC4)cc3)C(c3ccc4ccccc4c3)C2)cc1C. The molecule has 0 spiro atoms. The molecule has 1 amide bonds. The first-order valence-corrected chi connectivity index (χ1v) is 13.0. The predicted molar refractivity (Wildman–Crippen MR) is 149 cm³/mol. The summed E-state index contributed by atoms with van der Waals surface area (Å²) >= 11 is 0. The molecule has 0 N–H and O–H groups in total. The summed E-state index contributed by atoms with van der Waals surface area (Å²) in [7, 11) is 0. The van der Waals surface area contributed by atoms with Crippen LogP contribution in [0.15, 0.2) is 90.0 Å². The summed E-state index contributed by atoms with van der Waals surface area (Å²) in [4.78, 5) is 14.8. The number of rotatable bonds is 4. The normalized spacial score (nSPS) is 17.8. The van der Waals surface area contributed by atoms with Gasteiger partial charge in [-0.3, -0.25) is 9.80 Å². The van der Waals surface area contributed by atoms with Crippen molar-refractivity contribution in [2.75, 3.05) is 31.3 Å². The van der Waals surface area contributed by atoms with Crippen molar-refractivity contribution in [3.8, 4) is 0 Å². The van der Waals surface area contributed by atoms with E-state index in [9.17, 15) is 4.79 Å². The highest BCUT2D eigenvalue weighted by Crippen LogP contribution is 2.38. The molecule has 186 valence electrons. The summed E-state index contributed by atoms with van der Waals surface area (Å²) in [5.74, 6) is 0.0571. The van der Waals surface area contributed by atoms with E-state index in [-0.39, 0.29) is 11.9 Å². The van der Waals surface area contributed by atoms with Gasteiger partial charge < -0.3 is 9.64 Å². The number of anilines is 1. The van der Waals surface area contributed by atoms with Gasteiger partial charge in [-0.25, -0.2) is 0 Å². The van der Waals surface area contributed by atoms with E-state index in [4.69, 9.17) is 9.84 Å². The Morgan fingerprint density at radius 2 is 1.59 bits per heavy atom. The third kappa shape index (κ3) is 4.63. The van der Waals surface area contributed by atoms with Gasteiger partial charge in [-0.2, -0.15) is 5.10 Å². The number of hydrogen-bond acceptors (Lipinski definition) is 4. The number of carbonyl (C=O) groups excluding carboxylic acids is 1. The molecule has 2 heterocycles. The fraction of sp³-hybridized carbons (Fsp3) is 0.250. The Bertz CT molecular complexity index is 1490. The van der Waals surface area contributed by atoms with Crippen molar-refractivity contribution in [1.82, 2.24) is 4.90 Å². The van der Waals surface area contributed by atoms with Gasteiger partial charge in [0.05, 0.1) is 30.7 Å². The lowest BCUT2D eigenvalue weighted by Crippen LogP contribution is -2.40. The maximum atomic E-state index is 13.0. The van der Waals surface area contributed by atoms with E-state index in [0.717, 1.165) is 23.4 Å². The second-order valence-electron chi connectivity index (χ2n) is 9.97.